The SMILES string of the molecule is Cc1ccc(-n2cc(-c3ccccc3)nc2NC(=O)CN(CC2CC2)C(=O)C2CC2)cc1C. The number of nitrogens with one attached hydrogen (secondary N) is 1. The van der Waals surface area contributed by atoms with Crippen molar-refractivity contribution in [3.8, 4) is 16.9 Å². The highest BCUT2D eigenvalue weighted by Gasteiger charge is 2.36. The number of carbonyl (C=O) groups is 2. The first-order valence-electron chi connectivity index (χ1n) is 11.8. The second kappa shape index (κ2) is 8.85. The second-order valence-electron chi connectivity index (χ2n) is 9.44. The molecule has 5 rings (SSSR count). The largest absolute Gasteiger partial charge is 0.333 e. The van der Waals surface area contributed by atoms with E-state index in [1.54, 1.807) is 4.90 Å². The zero-order valence-corrected chi connectivity index (χ0v) is 19.3. The fourth-order valence-corrected chi connectivity index (χ4v) is 4.06. The van der Waals surface area contributed by atoms with Crippen LogP contribution in [0.3, 0.4) is 0 Å². The molecule has 3 aromatic rings. The van der Waals surface area contributed by atoms with E-state index in [4.69, 9.17) is 4.98 Å². The minimum Gasteiger partial charge on any atom is -0.333 e. The van der Waals surface area contributed by atoms with Crippen molar-refractivity contribution in [1.29, 1.82) is 0 Å². The van der Waals surface area contributed by atoms with Gasteiger partial charge in [-0.05, 0) is 68.7 Å². The van der Waals surface area contributed by atoms with Gasteiger partial charge in [-0.25, -0.2) is 4.98 Å². The number of imidazole rings is 1. The van der Waals surface area contributed by atoms with Gasteiger partial charge in [-0.15, -0.1) is 0 Å². The molecule has 2 fully saturated rings. The predicted molar refractivity (Wildman–Crippen MR) is 129 cm³/mol. The molecule has 0 atom stereocenters. The van der Waals surface area contributed by atoms with Crippen molar-refractivity contribution >= 4 is 17.8 Å². The summed E-state index contributed by atoms with van der Waals surface area (Å²) in [5.74, 6) is 1.04. The maximum absolute atomic E-state index is 13.1. The molecule has 1 N–H and O–H groups in total. The second-order valence-corrected chi connectivity index (χ2v) is 9.44. The van der Waals surface area contributed by atoms with Crippen LogP contribution in [0.5, 0.6) is 0 Å². The molecule has 33 heavy (non-hydrogen) atoms. The van der Waals surface area contributed by atoms with Crippen LogP contribution in [0.2, 0.25) is 0 Å². The molecule has 1 heterocycles. The number of rotatable bonds is 8. The lowest BCUT2D eigenvalue weighted by molar-refractivity contribution is -0.136. The first kappa shape index (κ1) is 21.4. The van der Waals surface area contributed by atoms with E-state index in [1.807, 2.05) is 47.2 Å². The average molecular weight is 443 g/mol. The summed E-state index contributed by atoms with van der Waals surface area (Å²) in [4.78, 5) is 32.3. The Kier molecular flexibility index (Phi) is 5.75. The normalized spacial score (nSPS) is 15.3. The third kappa shape index (κ3) is 5.00. The van der Waals surface area contributed by atoms with Crippen LogP contribution in [-0.4, -0.2) is 39.4 Å². The van der Waals surface area contributed by atoms with Gasteiger partial charge in [-0.2, -0.15) is 0 Å². The quantitative estimate of drug-likeness (QED) is 0.548. The minimum atomic E-state index is -0.208. The molecule has 2 aliphatic rings. The highest BCUT2D eigenvalue weighted by atomic mass is 16.2. The third-order valence-electron chi connectivity index (χ3n) is 6.54. The Labute approximate surface area is 194 Å². The Morgan fingerprint density at radius 3 is 2.45 bits per heavy atom. The molecule has 0 saturated heterocycles. The van der Waals surface area contributed by atoms with Crippen molar-refractivity contribution in [2.24, 2.45) is 11.8 Å². The molecule has 0 radical (unpaired) electrons. The summed E-state index contributed by atoms with van der Waals surface area (Å²) in [6.07, 6.45) is 6.13. The van der Waals surface area contributed by atoms with Crippen molar-refractivity contribution in [3.63, 3.8) is 0 Å². The maximum atomic E-state index is 13.1. The Hall–Kier alpha value is -3.41. The van der Waals surface area contributed by atoms with E-state index in [1.165, 1.54) is 11.1 Å². The molecule has 2 aromatic carbocycles. The molecular formula is C27H30N4O2. The van der Waals surface area contributed by atoms with Gasteiger partial charge in [0, 0.05) is 29.9 Å². The van der Waals surface area contributed by atoms with Crippen LogP contribution in [0.15, 0.2) is 54.7 Å². The first-order valence-corrected chi connectivity index (χ1v) is 11.8. The van der Waals surface area contributed by atoms with Crippen molar-refractivity contribution < 1.29 is 9.59 Å². The van der Waals surface area contributed by atoms with Gasteiger partial charge < -0.3 is 4.90 Å². The first-order chi connectivity index (χ1) is 16.0. The smallest absolute Gasteiger partial charge is 0.246 e. The number of hydrogen-bond acceptors (Lipinski definition) is 3. The number of nitrogens with zero attached hydrogens (tertiary/aromatic N) is 3. The van der Waals surface area contributed by atoms with Crippen LogP contribution in [0, 0.1) is 25.7 Å². The summed E-state index contributed by atoms with van der Waals surface area (Å²) in [5, 5.41) is 2.99. The van der Waals surface area contributed by atoms with Crippen LogP contribution in [-0.2, 0) is 9.59 Å². The standard InChI is InChI=1S/C27H30N4O2/c1-18-8-13-23(14-19(18)2)31-16-24(21-6-4-3-5-7-21)28-27(31)29-25(32)17-30(15-20-9-10-20)26(33)22-11-12-22/h3-8,13-14,16,20,22H,9-12,15,17H2,1-2H3,(H,28,29,32). The van der Waals surface area contributed by atoms with Gasteiger partial charge in [0.2, 0.25) is 17.8 Å². The summed E-state index contributed by atoms with van der Waals surface area (Å²) in [6, 6.07) is 16.1. The molecule has 1 aromatic heterocycles. The van der Waals surface area contributed by atoms with E-state index in [0.29, 0.717) is 18.4 Å². The van der Waals surface area contributed by atoms with Crippen LogP contribution < -0.4 is 5.32 Å². The fraction of sp³-hybridized carbons (Fsp3) is 0.370. The van der Waals surface area contributed by atoms with Crippen LogP contribution >= 0.6 is 0 Å². The van der Waals surface area contributed by atoms with Gasteiger partial charge in [-0.3, -0.25) is 19.5 Å². The van der Waals surface area contributed by atoms with Gasteiger partial charge in [0.05, 0.1) is 12.2 Å². The summed E-state index contributed by atoms with van der Waals surface area (Å²) >= 11 is 0. The topological polar surface area (TPSA) is 67.2 Å². The minimum absolute atomic E-state index is 0.0757. The summed E-state index contributed by atoms with van der Waals surface area (Å²) in [6.45, 7) is 4.91. The molecule has 6 nitrogen and oxygen atoms in total. The Bertz CT molecular complexity index is 1180. The summed E-state index contributed by atoms with van der Waals surface area (Å²) in [5.41, 5.74) is 5.09. The number of hydrogen-bond donors (Lipinski definition) is 1. The predicted octanol–water partition coefficient (Wildman–Crippen LogP) is 4.74. The number of benzene rings is 2. The monoisotopic (exact) mass is 442 g/mol. The highest BCUT2D eigenvalue weighted by Crippen LogP contribution is 2.34. The molecule has 2 amide bonds. The molecule has 0 aliphatic heterocycles. The highest BCUT2D eigenvalue weighted by molar-refractivity contribution is 5.94. The van der Waals surface area contributed by atoms with Crippen LogP contribution in [0.4, 0.5) is 5.95 Å². The van der Waals surface area contributed by atoms with Crippen LogP contribution in [0.1, 0.15) is 36.8 Å². The lowest BCUT2D eigenvalue weighted by Crippen LogP contribution is -2.40. The number of amides is 2. The van der Waals surface area contributed by atoms with Gasteiger partial charge in [-0.1, -0.05) is 36.4 Å². The third-order valence-corrected chi connectivity index (χ3v) is 6.54. The molecule has 6 heteroatoms. The van der Waals surface area contributed by atoms with Crippen LogP contribution in [0.25, 0.3) is 16.9 Å². The van der Waals surface area contributed by atoms with E-state index in [-0.39, 0.29) is 24.3 Å². The van der Waals surface area contributed by atoms with Gasteiger partial charge >= 0.3 is 0 Å². The molecule has 0 unspecified atom stereocenters. The Balaban J connectivity index is 1.41. The molecule has 2 saturated carbocycles. The van der Waals surface area contributed by atoms with Gasteiger partial charge in [0.15, 0.2) is 0 Å². The van der Waals surface area contributed by atoms with E-state index in [0.717, 1.165) is 42.6 Å². The van der Waals surface area contributed by atoms with E-state index in [2.05, 4.69) is 31.3 Å². The molecule has 170 valence electrons. The maximum Gasteiger partial charge on any atom is 0.246 e. The van der Waals surface area contributed by atoms with E-state index >= 15 is 0 Å². The average Bonchev–Trinajstić information content (AvgIpc) is 3.74. The van der Waals surface area contributed by atoms with E-state index < -0.39 is 0 Å². The van der Waals surface area contributed by atoms with Crippen molar-refractivity contribution in [1.82, 2.24) is 14.5 Å². The number of aromatic nitrogens is 2. The Morgan fingerprint density at radius 1 is 1.03 bits per heavy atom. The summed E-state index contributed by atoms with van der Waals surface area (Å²) in [7, 11) is 0. The van der Waals surface area contributed by atoms with Crippen molar-refractivity contribution in [3.05, 3.63) is 65.9 Å². The molecule has 2 aliphatic carbocycles. The number of aryl methyl sites for hydroxylation is 2. The zero-order chi connectivity index (χ0) is 22.9. The van der Waals surface area contributed by atoms with Gasteiger partial charge in [0.25, 0.3) is 0 Å². The van der Waals surface area contributed by atoms with Gasteiger partial charge in [0.1, 0.15) is 0 Å². The number of carbonyl (C=O) groups excluding carboxylic acids is 2. The fourth-order valence-electron chi connectivity index (χ4n) is 4.06. The molecular weight excluding hydrogens is 412 g/mol. The van der Waals surface area contributed by atoms with E-state index in [9.17, 15) is 9.59 Å². The lowest BCUT2D eigenvalue weighted by atomic mass is 10.1. The molecule has 0 spiro atoms. The summed E-state index contributed by atoms with van der Waals surface area (Å²) < 4.78 is 1.92. The molecule has 0 bridgehead atoms. The van der Waals surface area contributed by atoms with Crippen molar-refractivity contribution in [2.45, 2.75) is 39.5 Å². The zero-order valence-electron chi connectivity index (χ0n) is 19.3. The lowest BCUT2D eigenvalue weighted by Gasteiger charge is -2.22. The Morgan fingerprint density at radius 2 is 1.79 bits per heavy atom. The number of anilines is 1. The van der Waals surface area contributed by atoms with Crippen molar-refractivity contribution in [2.75, 3.05) is 18.4 Å².